The summed E-state index contributed by atoms with van der Waals surface area (Å²) in [6.07, 6.45) is 7.68. The van der Waals surface area contributed by atoms with E-state index >= 15 is 0 Å². The number of hydrogen-bond donors (Lipinski definition) is 3. The van der Waals surface area contributed by atoms with Crippen molar-refractivity contribution in [1.82, 2.24) is 5.32 Å². The molecule has 3 N–H and O–H groups in total. The summed E-state index contributed by atoms with van der Waals surface area (Å²) in [7, 11) is 0. The number of ether oxygens (including phenoxy) is 1. The molecule has 0 aromatic heterocycles. The van der Waals surface area contributed by atoms with E-state index in [0.717, 1.165) is 96.6 Å². The van der Waals surface area contributed by atoms with Crippen LogP contribution in [0.5, 0.6) is 0 Å². The highest BCUT2D eigenvalue weighted by atomic mass is 124. The maximum atomic E-state index is 11.8. The highest BCUT2D eigenvalue weighted by Crippen LogP contribution is 2.46. The number of aliphatic hydroxyl groups is 1. The topological polar surface area (TPSA) is 116 Å². The van der Waals surface area contributed by atoms with Gasteiger partial charge in [-0.25, -0.2) is 15.0 Å². The van der Waals surface area contributed by atoms with E-state index < -0.39 is 5.97 Å². The monoisotopic (exact) mass is 765 g/mol. The molecule has 5 aliphatic heterocycles. The standard InChI is InChI=1S/C40H41IN4O4/c1-7-26-19(2)29-17-34-37(23(6)49-18-24-9-8-10-25(41)13-24)21(4)31(43-34)15-30-20(3)27(11-12-36(47)48)39(44-30)28-14-35(46)38-22(5)32(45-40(28)38)16-33(26)42-29/h8-10,13,15-17,20,23,27,44,46H,7,11-12,14,18H2,1-6H3,(H,47,48)/t20-,23?,27?/m0/s1/i41-3. The fourth-order valence-corrected chi connectivity index (χ4v) is 8.46. The summed E-state index contributed by atoms with van der Waals surface area (Å²) < 4.78 is 7.68. The number of carbonyl (C=O) groups is 1. The highest BCUT2D eigenvalue weighted by Gasteiger charge is 2.41. The van der Waals surface area contributed by atoms with Crippen molar-refractivity contribution in [2.45, 2.75) is 79.9 Å². The van der Waals surface area contributed by atoms with Crippen molar-refractivity contribution >= 4 is 45.7 Å². The van der Waals surface area contributed by atoms with Crippen LogP contribution in [-0.2, 0) is 16.1 Å². The summed E-state index contributed by atoms with van der Waals surface area (Å²) in [6, 6.07) is 8.34. The first-order valence-corrected chi connectivity index (χ1v) is 18.1. The van der Waals surface area contributed by atoms with Crippen LogP contribution in [0.3, 0.4) is 0 Å². The number of carboxylic acids is 1. The number of rotatable bonds is 8. The van der Waals surface area contributed by atoms with Crippen LogP contribution in [-0.4, -0.2) is 39.4 Å². The zero-order valence-corrected chi connectivity index (χ0v) is 30.9. The Morgan fingerprint density at radius 2 is 1.82 bits per heavy atom. The van der Waals surface area contributed by atoms with Crippen LogP contribution in [0, 0.1) is 15.4 Å². The summed E-state index contributed by atoms with van der Waals surface area (Å²) >= 11 is 2.32. The normalized spacial score (nSPS) is 23.6. The Labute approximate surface area is 301 Å². The van der Waals surface area contributed by atoms with Gasteiger partial charge in [-0.1, -0.05) is 26.0 Å². The summed E-state index contributed by atoms with van der Waals surface area (Å²) in [5.41, 5.74) is 14.9. The molecular weight excluding hydrogens is 724 g/mol. The van der Waals surface area contributed by atoms with Crippen molar-refractivity contribution in [3.05, 3.63) is 125 Å². The van der Waals surface area contributed by atoms with E-state index in [1.165, 1.54) is 3.57 Å². The predicted molar refractivity (Wildman–Crippen MR) is 202 cm³/mol. The van der Waals surface area contributed by atoms with Crippen LogP contribution in [0.25, 0.3) is 0 Å². The average Bonchev–Trinajstić information content (AvgIpc) is 3.81. The fraction of sp³-hybridized carbons (Fsp3) is 0.350. The smallest absolute Gasteiger partial charge is 0.303 e. The molecule has 6 aliphatic rings. The van der Waals surface area contributed by atoms with Gasteiger partial charge >= 0.3 is 5.97 Å². The largest absolute Gasteiger partial charge is 0.511 e. The van der Waals surface area contributed by atoms with E-state index in [4.69, 9.17) is 19.7 Å². The number of aliphatic imine (C=N–C) groups is 3. The zero-order valence-electron chi connectivity index (χ0n) is 28.7. The minimum Gasteiger partial charge on any atom is -0.511 e. The molecule has 49 heavy (non-hydrogen) atoms. The third-order valence-electron chi connectivity index (χ3n) is 10.6. The van der Waals surface area contributed by atoms with Gasteiger partial charge < -0.3 is 20.3 Å². The molecule has 2 unspecified atom stereocenters. The van der Waals surface area contributed by atoms with Crippen LogP contribution in [0.1, 0.15) is 72.8 Å². The number of nitrogens with one attached hydrogen (secondary N) is 1. The number of nitrogens with zero attached hydrogens (tertiary/aromatic N) is 3. The Bertz CT molecular complexity index is 2060. The molecule has 1 fully saturated rings. The first-order valence-electron chi connectivity index (χ1n) is 17.0. The molecule has 0 spiro atoms. The Morgan fingerprint density at radius 3 is 2.55 bits per heavy atom. The van der Waals surface area contributed by atoms with Crippen LogP contribution >= 0.6 is 22.6 Å². The van der Waals surface area contributed by atoms with Gasteiger partial charge in [0.15, 0.2) is 0 Å². The van der Waals surface area contributed by atoms with Crippen molar-refractivity contribution in [1.29, 1.82) is 0 Å². The molecule has 0 radical (unpaired) electrons. The molecule has 5 heterocycles. The van der Waals surface area contributed by atoms with Crippen LogP contribution < -0.4 is 5.32 Å². The van der Waals surface area contributed by atoms with Gasteiger partial charge in [0, 0.05) is 56.4 Å². The maximum absolute atomic E-state index is 11.8. The minimum absolute atomic E-state index is 0.000239. The van der Waals surface area contributed by atoms with E-state index in [-0.39, 0.29) is 24.4 Å². The zero-order chi connectivity index (χ0) is 34.7. The number of hydrogen-bond acceptors (Lipinski definition) is 7. The molecule has 7 rings (SSSR count). The molecule has 0 saturated carbocycles. The Kier molecular flexibility index (Phi) is 8.85. The molecule has 1 saturated heterocycles. The van der Waals surface area contributed by atoms with Crippen molar-refractivity contribution in [2.75, 3.05) is 0 Å². The number of allylic oxidation sites excluding steroid dienone is 11. The Hall–Kier alpha value is -4.09. The lowest BCUT2D eigenvalue weighted by atomic mass is 9.86. The Balaban J connectivity index is 1.39. The summed E-state index contributed by atoms with van der Waals surface area (Å²) in [5, 5.41) is 24.6. The van der Waals surface area contributed by atoms with E-state index in [1.54, 1.807) is 0 Å². The van der Waals surface area contributed by atoms with Gasteiger partial charge in [-0.3, -0.25) is 4.79 Å². The van der Waals surface area contributed by atoms with E-state index in [9.17, 15) is 15.0 Å². The number of aliphatic carboxylic acids is 1. The van der Waals surface area contributed by atoms with Crippen molar-refractivity contribution in [2.24, 2.45) is 26.8 Å². The van der Waals surface area contributed by atoms with Crippen LogP contribution in [0.4, 0.5) is 0 Å². The lowest BCUT2D eigenvalue weighted by Gasteiger charge is -2.17. The second-order valence-electron chi connectivity index (χ2n) is 13.5. The van der Waals surface area contributed by atoms with Crippen LogP contribution in [0.15, 0.2) is 131 Å². The van der Waals surface area contributed by atoms with E-state index in [1.807, 2.05) is 19.1 Å². The van der Waals surface area contributed by atoms with Gasteiger partial charge in [0.1, 0.15) is 5.76 Å². The van der Waals surface area contributed by atoms with Gasteiger partial charge in [0.05, 0.1) is 46.9 Å². The number of carboxylic acid groups (broad SMARTS) is 1. The van der Waals surface area contributed by atoms with Crippen molar-refractivity contribution in [3.63, 3.8) is 0 Å². The molecule has 1 aliphatic carbocycles. The van der Waals surface area contributed by atoms with Gasteiger partial charge in [-0.05, 0) is 121 Å². The number of halogens is 1. The van der Waals surface area contributed by atoms with Gasteiger partial charge in [-0.2, -0.15) is 0 Å². The van der Waals surface area contributed by atoms with Crippen molar-refractivity contribution < 1.29 is 19.7 Å². The average molecular weight is 766 g/mol. The van der Waals surface area contributed by atoms with E-state index in [0.29, 0.717) is 25.2 Å². The van der Waals surface area contributed by atoms with Crippen molar-refractivity contribution in [3.8, 4) is 0 Å². The fourth-order valence-electron chi connectivity index (χ4n) is 7.85. The third-order valence-corrected chi connectivity index (χ3v) is 11.2. The molecule has 8 nitrogen and oxygen atoms in total. The molecule has 1 aromatic carbocycles. The number of benzene rings is 1. The van der Waals surface area contributed by atoms with Gasteiger partial charge in [0.2, 0.25) is 0 Å². The van der Waals surface area contributed by atoms with Crippen LogP contribution in [0.2, 0.25) is 0 Å². The molecule has 0 amide bonds. The van der Waals surface area contributed by atoms with Gasteiger partial charge in [-0.15, -0.1) is 0 Å². The molecule has 1 aromatic rings. The predicted octanol–water partition coefficient (Wildman–Crippen LogP) is 8.73. The number of fused-ring (bicyclic) bond motifs is 5. The second-order valence-corrected chi connectivity index (χ2v) is 14.8. The number of aliphatic hydroxyl groups excluding tert-OH is 1. The molecule has 252 valence electrons. The van der Waals surface area contributed by atoms with E-state index in [2.05, 4.69) is 92.9 Å². The second kappa shape index (κ2) is 13.0. The molecule has 8 bridgehead atoms. The Morgan fingerprint density at radius 1 is 1.06 bits per heavy atom. The quantitative estimate of drug-likeness (QED) is 0.229. The third kappa shape index (κ3) is 5.94. The SMILES string of the molecule is CCC1=C(C)C2=NC1=CC1=C(C)C3=C(O)CC(=C4NC(=CC5=NC(=C2)C(C(C)OCc2cccc([124I])c2)=C5C)[C@@H](C)C4CCC(=O)O)C3=N1. The summed E-state index contributed by atoms with van der Waals surface area (Å²) in [5.74, 6) is -0.610. The highest BCUT2D eigenvalue weighted by molar-refractivity contribution is 14.1. The lowest BCUT2D eigenvalue weighted by Crippen LogP contribution is -2.15. The minimum atomic E-state index is -0.825. The maximum Gasteiger partial charge on any atom is 0.303 e. The molecule has 3 atom stereocenters. The lowest BCUT2D eigenvalue weighted by molar-refractivity contribution is -0.137. The molecule has 9 heteroatoms. The first kappa shape index (κ1) is 33.4. The summed E-state index contributed by atoms with van der Waals surface area (Å²) in [6.45, 7) is 13.1. The summed E-state index contributed by atoms with van der Waals surface area (Å²) in [4.78, 5) is 27.2. The first-order chi connectivity index (χ1) is 23.4. The molecular formula is C40H41IN4O4. The van der Waals surface area contributed by atoms with Gasteiger partial charge in [0.25, 0.3) is 0 Å².